The van der Waals surface area contributed by atoms with Gasteiger partial charge < -0.3 is 5.32 Å². The Morgan fingerprint density at radius 1 is 1.29 bits per heavy atom. The molecule has 4 nitrogen and oxygen atoms in total. The van der Waals surface area contributed by atoms with E-state index in [1.165, 1.54) is 0 Å². The first-order valence-electron chi connectivity index (χ1n) is 7.51. The molecule has 1 N–H and O–H groups in total. The van der Waals surface area contributed by atoms with E-state index >= 15 is 0 Å². The molecule has 0 radical (unpaired) electrons. The Labute approximate surface area is 126 Å². The van der Waals surface area contributed by atoms with Crippen molar-refractivity contribution in [3.8, 4) is 5.69 Å². The average Bonchev–Trinajstić information content (AvgIpc) is 2.94. The normalized spacial score (nSPS) is 10.8. The molecule has 0 aliphatic heterocycles. The molecule has 2 rings (SSSR count). The molecule has 0 aliphatic rings. The zero-order valence-corrected chi connectivity index (χ0v) is 12.7. The topological polar surface area (TPSA) is 46.9 Å². The van der Waals surface area contributed by atoms with Crippen LogP contribution in [0.1, 0.15) is 32.3 Å². The van der Waals surface area contributed by atoms with Crippen molar-refractivity contribution in [1.82, 2.24) is 15.1 Å². The van der Waals surface area contributed by atoms with Gasteiger partial charge in [0.2, 0.25) is 5.91 Å². The van der Waals surface area contributed by atoms with Gasteiger partial charge in [-0.3, -0.25) is 4.79 Å². The molecule has 1 amide bonds. The number of amides is 1. The standard InChI is InChI=1S/C17H23N3O/c1-14(2)10-11-18-17(21)9-8-15-12-19-20(13-15)16-6-4-3-5-7-16/h3-7,12-14H,8-11H2,1-2H3,(H,18,21). The van der Waals surface area contributed by atoms with E-state index in [4.69, 9.17) is 0 Å². The highest BCUT2D eigenvalue weighted by Gasteiger charge is 2.05. The van der Waals surface area contributed by atoms with Crippen molar-refractivity contribution in [2.45, 2.75) is 33.1 Å². The number of benzene rings is 1. The molecule has 0 aliphatic carbocycles. The lowest BCUT2D eigenvalue weighted by molar-refractivity contribution is -0.121. The number of carbonyl (C=O) groups is 1. The van der Waals surface area contributed by atoms with E-state index in [2.05, 4.69) is 24.3 Å². The van der Waals surface area contributed by atoms with Crippen LogP contribution in [0.25, 0.3) is 5.69 Å². The molecule has 0 fully saturated rings. The van der Waals surface area contributed by atoms with E-state index in [1.54, 1.807) is 0 Å². The van der Waals surface area contributed by atoms with Crippen LogP contribution in [0.5, 0.6) is 0 Å². The van der Waals surface area contributed by atoms with E-state index in [0.29, 0.717) is 12.3 Å². The Bertz CT molecular complexity index is 560. The molecule has 4 heteroatoms. The van der Waals surface area contributed by atoms with Crippen molar-refractivity contribution in [3.63, 3.8) is 0 Å². The number of nitrogens with zero attached hydrogens (tertiary/aromatic N) is 2. The van der Waals surface area contributed by atoms with Crippen molar-refractivity contribution in [2.75, 3.05) is 6.54 Å². The summed E-state index contributed by atoms with van der Waals surface area (Å²) in [5.41, 5.74) is 2.11. The Morgan fingerprint density at radius 2 is 2.05 bits per heavy atom. The predicted molar refractivity (Wildman–Crippen MR) is 84.3 cm³/mol. The van der Waals surface area contributed by atoms with E-state index in [1.807, 2.05) is 47.4 Å². The van der Waals surface area contributed by atoms with Gasteiger partial charge in [0.25, 0.3) is 0 Å². The van der Waals surface area contributed by atoms with E-state index in [9.17, 15) is 4.79 Å². The molecule has 1 aromatic carbocycles. The van der Waals surface area contributed by atoms with Crippen LogP contribution in [-0.2, 0) is 11.2 Å². The molecule has 0 atom stereocenters. The summed E-state index contributed by atoms with van der Waals surface area (Å²) in [6.45, 7) is 5.08. The highest BCUT2D eigenvalue weighted by atomic mass is 16.1. The predicted octanol–water partition coefficient (Wildman–Crippen LogP) is 2.97. The zero-order chi connectivity index (χ0) is 15.1. The molecular formula is C17H23N3O. The quantitative estimate of drug-likeness (QED) is 0.850. The van der Waals surface area contributed by atoms with Crippen molar-refractivity contribution < 1.29 is 4.79 Å². The second-order valence-electron chi connectivity index (χ2n) is 5.66. The minimum absolute atomic E-state index is 0.114. The fourth-order valence-electron chi connectivity index (χ4n) is 2.06. The highest BCUT2D eigenvalue weighted by molar-refractivity contribution is 5.76. The fourth-order valence-corrected chi connectivity index (χ4v) is 2.06. The third kappa shape index (κ3) is 5.06. The lowest BCUT2D eigenvalue weighted by atomic mass is 10.1. The van der Waals surface area contributed by atoms with Gasteiger partial charge in [-0.25, -0.2) is 4.68 Å². The van der Waals surface area contributed by atoms with Gasteiger partial charge in [-0.2, -0.15) is 5.10 Å². The van der Waals surface area contributed by atoms with Gasteiger partial charge in [-0.05, 0) is 36.5 Å². The van der Waals surface area contributed by atoms with Crippen molar-refractivity contribution >= 4 is 5.91 Å². The highest BCUT2D eigenvalue weighted by Crippen LogP contribution is 2.09. The molecule has 0 unspecified atom stereocenters. The van der Waals surface area contributed by atoms with Gasteiger partial charge in [0.15, 0.2) is 0 Å². The van der Waals surface area contributed by atoms with Gasteiger partial charge in [0.1, 0.15) is 0 Å². The number of hydrogen-bond donors (Lipinski definition) is 1. The monoisotopic (exact) mass is 285 g/mol. The molecule has 0 saturated heterocycles. The van der Waals surface area contributed by atoms with Crippen LogP contribution in [0.15, 0.2) is 42.7 Å². The molecule has 2 aromatic rings. The fraction of sp³-hybridized carbons (Fsp3) is 0.412. The van der Waals surface area contributed by atoms with Crippen molar-refractivity contribution in [1.29, 1.82) is 0 Å². The summed E-state index contributed by atoms with van der Waals surface area (Å²) in [6, 6.07) is 9.97. The summed E-state index contributed by atoms with van der Waals surface area (Å²) in [5.74, 6) is 0.734. The summed E-state index contributed by atoms with van der Waals surface area (Å²) in [6.07, 6.45) is 6.07. The number of carbonyl (C=O) groups excluding carboxylic acids is 1. The minimum atomic E-state index is 0.114. The lowest BCUT2D eigenvalue weighted by Crippen LogP contribution is -2.25. The summed E-state index contributed by atoms with van der Waals surface area (Å²) in [7, 11) is 0. The number of para-hydroxylation sites is 1. The van der Waals surface area contributed by atoms with Crippen LogP contribution >= 0.6 is 0 Å². The summed E-state index contributed by atoms with van der Waals surface area (Å²) in [4.78, 5) is 11.7. The number of aromatic nitrogens is 2. The van der Waals surface area contributed by atoms with E-state index in [-0.39, 0.29) is 5.91 Å². The third-order valence-electron chi connectivity index (χ3n) is 3.34. The Balaban J connectivity index is 1.79. The van der Waals surface area contributed by atoms with Gasteiger partial charge in [-0.1, -0.05) is 32.0 Å². The maximum absolute atomic E-state index is 11.7. The van der Waals surface area contributed by atoms with Crippen molar-refractivity contribution in [3.05, 3.63) is 48.3 Å². The second-order valence-corrected chi connectivity index (χ2v) is 5.66. The van der Waals surface area contributed by atoms with Gasteiger partial charge in [0.05, 0.1) is 11.9 Å². The lowest BCUT2D eigenvalue weighted by Gasteiger charge is -2.06. The van der Waals surface area contributed by atoms with Crippen LogP contribution in [0.2, 0.25) is 0 Å². The molecule has 0 spiro atoms. The number of hydrogen-bond acceptors (Lipinski definition) is 2. The van der Waals surface area contributed by atoms with Gasteiger partial charge in [-0.15, -0.1) is 0 Å². The first kappa shape index (κ1) is 15.3. The molecule has 0 saturated carbocycles. The Hall–Kier alpha value is -2.10. The molecular weight excluding hydrogens is 262 g/mol. The van der Waals surface area contributed by atoms with Gasteiger partial charge in [0, 0.05) is 19.2 Å². The minimum Gasteiger partial charge on any atom is -0.356 e. The first-order chi connectivity index (χ1) is 10.1. The largest absolute Gasteiger partial charge is 0.356 e. The van der Waals surface area contributed by atoms with Crippen LogP contribution in [0.3, 0.4) is 0 Å². The number of rotatable bonds is 7. The SMILES string of the molecule is CC(C)CCNC(=O)CCc1cnn(-c2ccccc2)c1. The second kappa shape index (κ2) is 7.62. The summed E-state index contributed by atoms with van der Waals surface area (Å²) >= 11 is 0. The first-order valence-corrected chi connectivity index (χ1v) is 7.51. The number of aryl methyl sites for hydroxylation is 1. The average molecular weight is 285 g/mol. The van der Waals surface area contributed by atoms with Gasteiger partial charge >= 0.3 is 0 Å². The van der Waals surface area contributed by atoms with Crippen LogP contribution in [-0.4, -0.2) is 22.2 Å². The smallest absolute Gasteiger partial charge is 0.220 e. The van der Waals surface area contributed by atoms with Crippen LogP contribution in [0.4, 0.5) is 0 Å². The Morgan fingerprint density at radius 3 is 2.76 bits per heavy atom. The summed E-state index contributed by atoms with van der Waals surface area (Å²) < 4.78 is 1.84. The molecule has 1 heterocycles. The molecule has 0 bridgehead atoms. The van der Waals surface area contributed by atoms with Crippen molar-refractivity contribution in [2.24, 2.45) is 5.92 Å². The number of nitrogens with one attached hydrogen (secondary N) is 1. The summed E-state index contributed by atoms with van der Waals surface area (Å²) in [5, 5.41) is 7.29. The van der Waals surface area contributed by atoms with E-state index < -0.39 is 0 Å². The molecule has 112 valence electrons. The maximum atomic E-state index is 11.7. The zero-order valence-electron chi connectivity index (χ0n) is 12.7. The maximum Gasteiger partial charge on any atom is 0.220 e. The molecule has 21 heavy (non-hydrogen) atoms. The van der Waals surface area contributed by atoms with Crippen LogP contribution < -0.4 is 5.32 Å². The molecule has 1 aromatic heterocycles. The third-order valence-corrected chi connectivity index (χ3v) is 3.34. The Kier molecular flexibility index (Phi) is 5.55. The van der Waals surface area contributed by atoms with E-state index in [0.717, 1.165) is 30.6 Å². The van der Waals surface area contributed by atoms with Crippen LogP contribution in [0, 0.1) is 5.92 Å².